The van der Waals surface area contributed by atoms with Crippen molar-refractivity contribution in [3.8, 4) is 0 Å². The molecule has 0 bridgehead atoms. The van der Waals surface area contributed by atoms with Gasteiger partial charge in [0.15, 0.2) is 0 Å². The number of hydrogen-bond donors (Lipinski definition) is 0. The predicted molar refractivity (Wildman–Crippen MR) is 64.0 cm³/mol. The van der Waals surface area contributed by atoms with Crippen LogP contribution in [0, 0.1) is 0 Å². The molecule has 1 rings (SSSR count). The van der Waals surface area contributed by atoms with Gasteiger partial charge in [-0.2, -0.15) is 0 Å². The molecule has 0 radical (unpaired) electrons. The minimum atomic E-state index is -0.519. The van der Waals surface area contributed by atoms with Crippen LogP contribution in [-0.4, -0.2) is 21.1 Å². The lowest BCUT2D eigenvalue weighted by Crippen LogP contribution is -2.27. The third kappa shape index (κ3) is 4.99. The molecule has 1 aromatic heterocycles. The zero-order valence-corrected chi connectivity index (χ0v) is 10.8. The van der Waals surface area contributed by atoms with Crippen LogP contribution >= 0.6 is 11.6 Å². The average Bonchev–Trinajstić information content (AvgIpc) is 2.17. The Kier molecular flexibility index (Phi) is 4.28. The summed E-state index contributed by atoms with van der Waals surface area (Å²) in [7, 11) is 0. The van der Waals surface area contributed by atoms with Crippen LogP contribution in [0.1, 0.15) is 27.2 Å². The van der Waals surface area contributed by atoms with E-state index in [0.29, 0.717) is 5.02 Å². The quantitative estimate of drug-likeness (QED) is 0.773. The van der Waals surface area contributed by atoms with Crippen LogP contribution < -0.4 is 5.69 Å². The first-order chi connectivity index (χ1) is 7.78. The van der Waals surface area contributed by atoms with Gasteiger partial charge in [0.05, 0.1) is 17.6 Å². The molecule has 0 saturated heterocycles. The van der Waals surface area contributed by atoms with Gasteiger partial charge in [0.2, 0.25) is 0 Å². The Hall–Kier alpha value is -1.36. The van der Waals surface area contributed by atoms with E-state index in [1.54, 1.807) is 20.8 Å². The first-order valence-corrected chi connectivity index (χ1v) is 5.59. The molecule has 0 aliphatic heterocycles. The molecule has 0 amide bonds. The summed E-state index contributed by atoms with van der Waals surface area (Å²) in [5, 5.41) is 0.355. The van der Waals surface area contributed by atoms with Crippen LogP contribution in [0.4, 0.5) is 0 Å². The lowest BCUT2D eigenvalue weighted by molar-refractivity contribution is -0.155. The molecule has 94 valence electrons. The van der Waals surface area contributed by atoms with Gasteiger partial charge in [0.25, 0.3) is 0 Å². The van der Waals surface area contributed by atoms with Crippen molar-refractivity contribution >= 4 is 17.6 Å². The summed E-state index contributed by atoms with van der Waals surface area (Å²) < 4.78 is 6.41. The van der Waals surface area contributed by atoms with Crippen molar-refractivity contribution in [3.63, 3.8) is 0 Å². The van der Waals surface area contributed by atoms with E-state index in [1.165, 1.54) is 17.0 Å². The molecule has 0 aliphatic rings. The second kappa shape index (κ2) is 5.31. The number of rotatable bonds is 3. The van der Waals surface area contributed by atoms with Crippen molar-refractivity contribution < 1.29 is 9.53 Å². The van der Waals surface area contributed by atoms with Crippen LogP contribution in [0.5, 0.6) is 0 Å². The maximum atomic E-state index is 11.4. The summed E-state index contributed by atoms with van der Waals surface area (Å²) >= 11 is 5.70. The monoisotopic (exact) mass is 258 g/mol. The number of carbonyl (C=O) groups excluding carboxylic acids is 1. The summed E-state index contributed by atoms with van der Waals surface area (Å²) in [5.74, 6) is -0.357. The Morgan fingerprint density at radius 2 is 2.18 bits per heavy atom. The highest BCUT2D eigenvalue weighted by Gasteiger charge is 2.16. The van der Waals surface area contributed by atoms with Crippen molar-refractivity contribution in [1.82, 2.24) is 9.55 Å². The highest BCUT2D eigenvalue weighted by Crippen LogP contribution is 2.09. The van der Waals surface area contributed by atoms with Gasteiger partial charge in [-0.15, -0.1) is 0 Å². The molecule has 0 aromatic carbocycles. The predicted octanol–water partition coefficient (Wildman–Crippen LogP) is 1.63. The Morgan fingerprint density at radius 3 is 2.76 bits per heavy atom. The van der Waals surface area contributed by atoms with Crippen molar-refractivity contribution in [2.45, 2.75) is 39.3 Å². The lowest BCUT2D eigenvalue weighted by Gasteiger charge is -2.19. The molecule has 1 aromatic rings. The minimum absolute atomic E-state index is 0.110. The highest BCUT2D eigenvalue weighted by molar-refractivity contribution is 6.30. The molecular formula is C11H15ClN2O3. The number of aromatic nitrogens is 2. The average molecular weight is 259 g/mol. The molecule has 0 spiro atoms. The lowest BCUT2D eigenvalue weighted by atomic mass is 10.2. The van der Waals surface area contributed by atoms with E-state index < -0.39 is 11.3 Å². The fraction of sp³-hybridized carbons (Fsp3) is 0.545. The number of nitrogens with zero attached hydrogens (tertiary/aromatic N) is 2. The first-order valence-electron chi connectivity index (χ1n) is 5.22. The van der Waals surface area contributed by atoms with Crippen LogP contribution in [0.15, 0.2) is 17.2 Å². The van der Waals surface area contributed by atoms with Gasteiger partial charge >= 0.3 is 11.7 Å². The van der Waals surface area contributed by atoms with Crippen LogP contribution in [0.3, 0.4) is 0 Å². The minimum Gasteiger partial charge on any atom is -0.460 e. The number of hydrogen-bond acceptors (Lipinski definition) is 4. The van der Waals surface area contributed by atoms with Gasteiger partial charge in [-0.1, -0.05) is 11.6 Å². The molecule has 0 atom stereocenters. The Balaban J connectivity index is 2.59. The van der Waals surface area contributed by atoms with E-state index >= 15 is 0 Å². The maximum Gasteiger partial charge on any atom is 0.347 e. The summed E-state index contributed by atoms with van der Waals surface area (Å²) in [6, 6.07) is 0. The Labute approximate surface area is 104 Å². The van der Waals surface area contributed by atoms with Crippen LogP contribution in [0.2, 0.25) is 5.02 Å². The maximum absolute atomic E-state index is 11.4. The molecule has 6 heteroatoms. The van der Waals surface area contributed by atoms with E-state index in [0.717, 1.165) is 0 Å². The Morgan fingerprint density at radius 1 is 1.53 bits per heavy atom. The van der Waals surface area contributed by atoms with Crippen molar-refractivity contribution in [1.29, 1.82) is 0 Å². The van der Waals surface area contributed by atoms with Crippen LogP contribution in [-0.2, 0) is 16.1 Å². The third-order valence-electron chi connectivity index (χ3n) is 1.80. The molecule has 5 nitrogen and oxygen atoms in total. The molecule has 0 saturated carbocycles. The smallest absolute Gasteiger partial charge is 0.347 e. The second-order valence-electron chi connectivity index (χ2n) is 4.58. The topological polar surface area (TPSA) is 61.2 Å². The van der Waals surface area contributed by atoms with Gasteiger partial charge in [-0.3, -0.25) is 9.36 Å². The summed E-state index contributed by atoms with van der Waals surface area (Å²) in [6.07, 6.45) is 2.83. The van der Waals surface area contributed by atoms with E-state index in [-0.39, 0.29) is 18.9 Å². The van der Waals surface area contributed by atoms with Crippen molar-refractivity contribution in [2.75, 3.05) is 0 Å². The largest absolute Gasteiger partial charge is 0.460 e. The summed E-state index contributed by atoms with van der Waals surface area (Å²) in [6.45, 7) is 5.58. The van der Waals surface area contributed by atoms with Crippen molar-refractivity contribution in [3.05, 3.63) is 27.9 Å². The standard InChI is InChI=1S/C11H15ClN2O3/c1-11(2,3)17-9(15)4-5-14-7-8(12)6-13-10(14)16/h6-7H,4-5H2,1-3H3. The van der Waals surface area contributed by atoms with Gasteiger partial charge < -0.3 is 4.74 Å². The molecule has 0 aliphatic carbocycles. The van der Waals surface area contributed by atoms with Crippen LogP contribution in [0.25, 0.3) is 0 Å². The number of ether oxygens (including phenoxy) is 1. The normalized spacial score (nSPS) is 11.3. The number of aryl methyl sites for hydroxylation is 1. The van der Waals surface area contributed by atoms with E-state index in [9.17, 15) is 9.59 Å². The van der Waals surface area contributed by atoms with E-state index in [4.69, 9.17) is 16.3 Å². The SMILES string of the molecule is CC(C)(C)OC(=O)CCn1cc(Cl)cnc1=O. The fourth-order valence-electron chi connectivity index (χ4n) is 1.19. The van der Waals surface area contributed by atoms with Gasteiger partial charge in [0, 0.05) is 12.7 Å². The van der Waals surface area contributed by atoms with Crippen molar-refractivity contribution in [2.24, 2.45) is 0 Å². The number of esters is 1. The third-order valence-corrected chi connectivity index (χ3v) is 2.00. The zero-order chi connectivity index (χ0) is 13.1. The summed E-state index contributed by atoms with van der Waals surface area (Å²) in [4.78, 5) is 26.3. The summed E-state index contributed by atoms with van der Waals surface area (Å²) in [5.41, 5.74) is -0.952. The number of carbonyl (C=O) groups is 1. The second-order valence-corrected chi connectivity index (χ2v) is 5.02. The highest BCUT2D eigenvalue weighted by atomic mass is 35.5. The molecule has 1 heterocycles. The van der Waals surface area contributed by atoms with Gasteiger partial charge in [-0.25, -0.2) is 9.78 Å². The fourth-order valence-corrected chi connectivity index (χ4v) is 1.36. The molecule has 0 fully saturated rings. The van der Waals surface area contributed by atoms with Gasteiger partial charge in [0.1, 0.15) is 5.60 Å². The first kappa shape index (κ1) is 13.7. The number of halogens is 1. The molecule has 17 heavy (non-hydrogen) atoms. The van der Waals surface area contributed by atoms with Gasteiger partial charge in [-0.05, 0) is 20.8 Å². The molecule has 0 N–H and O–H groups in total. The van der Waals surface area contributed by atoms with E-state index in [1.807, 2.05) is 0 Å². The molecular weight excluding hydrogens is 244 g/mol. The Bertz CT molecular complexity index is 463. The molecule has 0 unspecified atom stereocenters. The van der Waals surface area contributed by atoms with E-state index in [2.05, 4.69) is 4.98 Å². The zero-order valence-electron chi connectivity index (χ0n) is 10.1.